The third-order valence-corrected chi connectivity index (χ3v) is 6.03. The minimum atomic E-state index is -0.940. The summed E-state index contributed by atoms with van der Waals surface area (Å²) in [4.78, 5) is 17.2. The van der Waals surface area contributed by atoms with Crippen molar-refractivity contribution < 1.29 is 9.00 Å². The molecule has 0 spiro atoms. The number of nitrogens with zero attached hydrogens (tertiary/aromatic N) is 1. The number of aromatic nitrogens is 1. The van der Waals surface area contributed by atoms with Crippen LogP contribution in [0.1, 0.15) is 36.3 Å². The van der Waals surface area contributed by atoms with Gasteiger partial charge in [0.05, 0.1) is 10.7 Å². The van der Waals surface area contributed by atoms with Crippen LogP contribution in [0.5, 0.6) is 0 Å². The van der Waals surface area contributed by atoms with Crippen molar-refractivity contribution in [2.24, 2.45) is 0 Å². The number of carbonyl (C=O) groups excluding carboxylic acids is 1. The molecule has 0 aliphatic rings. The molecule has 0 saturated carbocycles. The van der Waals surface area contributed by atoms with Crippen molar-refractivity contribution in [2.75, 3.05) is 18.8 Å². The molecule has 7 heteroatoms. The molecule has 0 aliphatic carbocycles. The largest absolute Gasteiger partial charge is 0.338 e. The number of carbonyl (C=O) groups is 1. The highest BCUT2D eigenvalue weighted by Crippen LogP contribution is 2.16. The second kappa shape index (κ2) is 7.89. The smallest absolute Gasteiger partial charge is 0.314 e. The maximum absolute atomic E-state index is 11.8. The molecule has 0 fully saturated rings. The molecule has 2 amide bonds. The van der Waals surface area contributed by atoms with Gasteiger partial charge in [-0.15, -0.1) is 11.3 Å². The van der Waals surface area contributed by atoms with Crippen LogP contribution >= 0.6 is 11.3 Å². The van der Waals surface area contributed by atoms with Crippen molar-refractivity contribution in [1.29, 1.82) is 0 Å². The highest BCUT2D eigenvalue weighted by Gasteiger charge is 2.18. The Morgan fingerprint density at radius 1 is 1.24 bits per heavy atom. The minimum absolute atomic E-state index is 0.217. The van der Waals surface area contributed by atoms with Crippen LogP contribution in [0.4, 0.5) is 4.79 Å². The number of amides is 2. The number of rotatable bonds is 6. The van der Waals surface area contributed by atoms with Crippen molar-refractivity contribution >= 4 is 28.2 Å². The van der Waals surface area contributed by atoms with Gasteiger partial charge in [-0.1, -0.05) is 0 Å². The fraction of sp³-hybridized carbons (Fsp3) is 0.714. The molecule has 1 aromatic heterocycles. The van der Waals surface area contributed by atoms with Gasteiger partial charge in [-0.25, -0.2) is 9.78 Å². The lowest BCUT2D eigenvalue weighted by molar-refractivity contribution is 0.241. The third-order valence-electron chi connectivity index (χ3n) is 2.95. The Morgan fingerprint density at radius 2 is 1.86 bits per heavy atom. The first-order valence-electron chi connectivity index (χ1n) is 7.03. The topological polar surface area (TPSA) is 71.1 Å². The van der Waals surface area contributed by atoms with Crippen LogP contribution in [0.25, 0.3) is 0 Å². The molecule has 120 valence electrons. The van der Waals surface area contributed by atoms with Crippen LogP contribution in [0.2, 0.25) is 0 Å². The summed E-state index contributed by atoms with van der Waals surface area (Å²) in [6.45, 7) is 10.8. The van der Waals surface area contributed by atoms with E-state index in [1.54, 1.807) is 11.3 Å². The summed E-state index contributed by atoms with van der Waals surface area (Å²) in [5.74, 6) is 0.474. The van der Waals surface area contributed by atoms with E-state index in [4.69, 9.17) is 0 Å². The molecule has 0 bridgehead atoms. The van der Waals surface area contributed by atoms with Gasteiger partial charge >= 0.3 is 6.03 Å². The average molecular weight is 332 g/mol. The van der Waals surface area contributed by atoms with Gasteiger partial charge in [0.25, 0.3) is 0 Å². The van der Waals surface area contributed by atoms with E-state index in [0.29, 0.717) is 18.8 Å². The molecule has 21 heavy (non-hydrogen) atoms. The SMILES string of the molecule is Cc1nc(CCNC(=O)NCCS(=O)C(C)(C)C)sc1C. The fourth-order valence-corrected chi connectivity index (χ4v) is 3.39. The van der Waals surface area contributed by atoms with Crippen LogP contribution in [0.15, 0.2) is 0 Å². The lowest BCUT2D eigenvalue weighted by atomic mass is 10.3. The summed E-state index contributed by atoms with van der Waals surface area (Å²) in [6.07, 6.45) is 0.737. The molecule has 1 heterocycles. The lowest BCUT2D eigenvalue weighted by Gasteiger charge is -2.17. The quantitative estimate of drug-likeness (QED) is 0.839. The highest BCUT2D eigenvalue weighted by atomic mass is 32.2. The van der Waals surface area contributed by atoms with Crippen molar-refractivity contribution in [3.05, 3.63) is 15.6 Å². The van der Waals surface area contributed by atoms with Crippen LogP contribution in [-0.4, -0.2) is 38.8 Å². The number of hydrogen-bond acceptors (Lipinski definition) is 4. The zero-order chi connectivity index (χ0) is 16.0. The Labute approximate surface area is 133 Å². The van der Waals surface area contributed by atoms with Crippen molar-refractivity contribution in [3.63, 3.8) is 0 Å². The van der Waals surface area contributed by atoms with E-state index >= 15 is 0 Å². The standard InChI is InChI=1S/C14H25N3O2S2/c1-10-11(2)20-12(17-10)6-7-15-13(18)16-8-9-21(19)14(3,4)5/h6-9H2,1-5H3,(H2,15,16,18). The van der Waals surface area contributed by atoms with Gasteiger partial charge in [0, 0.05) is 45.7 Å². The van der Waals surface area contributed by atoms with Crippen molar-refractivity contribution in [3.8, 4) is 0 Å². The van der Waals surface area contributed by atoms with E-state index in [2.05, 4.69) is 15.6 Å². The Kier molecular flexibility index (Phi) is 6.80. The van der Waals surface area contributed by atoms with E-state index in [9.17, 15) is 9.00 Å². The molecular weight excluding hydrogens is 306 g/mol. The first-order valence-corrected chi connectivity index (χ1v) is 9.17. The first-order chi connectivity index (χ1) is 9.70. The highest BCUT2D eigenvalue weighted by molar-refractivity contribution is 7.86. The van der Waals surface area contributed by atoms with Crippen LogP contribution in [0, 0.1) is 13.8 Å². The molecule has 5 nitrogen and oxygen atoms in total. The number of urea groups is 1. The van der Waals surface area contributed by atoms with Crippen molar-refractivity contribution in [2.45, 2.75) is 45.8 Å². The van der Waals surface area contributed by atoms with Crippen LogP contribution in [0.3, 0.4) is 0 Å². The Bertz CT molecular complexity index is 487. The Morgan fingerprint density at radius 3 is 2.38 bits per heavy atom. The molecule has 1 aromatic rings. The van der Waals surface area contributed by atoms with Gasteiger partial charge in [-0.05, 0) is 34.6 Å². The summed E-state index contributed by atoms with van der Waals surface area (Å²) in [7, 11) is -0.940. The van der Waals surface area contributed by atoms with Crippen LogP contribution in [-0.2, 0) is 17.2 Å². The maximum atomic E-state index is 11.8. The summed E-state index contributed by atoms with van der Waals surface area (Å²) in [5.41, 5.74) is 1.06. The summed E-state index contributed by atoms with van der Waals surface area (Å²) < 4.78 is 11.6. The van der Waals surface area contributed by atoms with Gasteiger partial charge in [0.15, 0.2) is 0 Å². The van der Waals surface area contributed by atoms with E-state index < -0.39 is 10.8 Å². The summed E-state index contributed by atoms with van der Waals surface area (Å²) in [6, 6.07) is -0.217. The fourth-order valence-electron chi connectivity index (χ4n) is 1.56. The molecule has 0 aromatic carbocycles. The molecule has 1 rings (SSSR count). The molecule has 0 radical (unpaired) electrons. The summed E-state index contributed by atoms with van der Waals surface area (Å²) in [5, 5.41) is 6.56. The number of hydrogen-bond donors (Lipinski definition) is 2. The monoisotopic (exact) mass is 331 g/mol. The third kappa shape index (κ3) is 6.56. The van der Waals surface area contributed by atoms with Gasteiger partial charge < -0.3 is 10.6 Å². The average Bonchev–Trinajstić information content (AvgIpc) is 2.67. The van der Waals surface area contributed by atoms with E-state index in [1.807, 2.05) is 34.6 Å². The second-order valence-corrected chi connectivity index (χ2v) is 9.46. The predicted molar refractivity (Wildman–Crippen MR) is 89.5 cm³/mol. The number of nitrogens with one attached hydrogen (secondary N) is 2. The molecular formula is C14H25N3O2S2. The van der Waals surface area contributed by atoms with Gasteiger partial charge in [0.2, 0.25) is 0 Å². The van der Waals surface area contributed by atoms with E-state index in [0.717, 1.165) is 17.1 Å². The predicted octanol–water partition coefficient (Wildman–Crippen LogP) is 2.15. The molecule has 1 unspecified atom stereocenters. The summed E-state index contributed by atoms with van der Waals surface area (Å²) >= 11 is 1.67. The second-order valence-electron chi connectivity index (χ2n) is 5.84. The first kappa shape index (κ1) is 18.1. The van der Waals surface area contributed by atoms with E-state index in [1.165, 1.54) is 4.88 Å². The van der Waals surface area contributed by atoms with Gasteiger partial charge in [-0.2, -0.15) is 0 Å². The zero-order valence-corrected chi connectivity index (χ0v) is 15.0. The zero-order valence-electron chi connectivity index (χ0n) is 13.4. The normalized spacial score (nSPS) is 13.0. The molecule has 0 aliphatic heterocycles. The number of aryl methyl sites for hydroxylation is 2. The molecule has 2 N–H and O–H groups in total. The van der Waals surface area contributed by atoms with Gasteiger partial charge in [0.1, 0.15) is 0 Å². The molecule has 1 atom stereocenters. The number of thiazole rings is 1. The Balaban J connectivity index is 2.18. The Hall–Kier alpha value is -0.950. The van der Waals surface area contributed by atoms with E-state index in [-0.39, 0.29) is 10.8 Å². The van der Waals surface area contributed by atoms with Gasteiger partial charge in [-0.3, -0.25) is 4.21 Å². The lowest BCUT2D eigenvalue weighted by Crippen LogP contribution is -2.39. The maximum Gasteiger partial charge on any atom is 0.314 e. The van der Waals surface area contributed by atoms with Crippen LogP contribution < -0.4 is 10.6 Å². The van der Waals surface area contributed by atoms with Crippen molar-refractivity contribution in [1.82, 2.24) is 15.6 Å². The minimum Gasteiger partial charge on any atom is -0.338 e. The molecule has 0 saturated heterocycles.